The number of hydrogen-bond acceptors (Lipinski definition) is 8. The summed E-state index contributed by atoms with van der Waals surface area (Å²) in [5.41, 5.74) is 6.41. The van der Waals surface area contributed by atoms with Gasteiger partial charge in [0, 0.05) is 57.4 Å². The quantitative estimate of drug-likeness (QED) is 0.537. The summed E-state index contributed by atoms with van der Waals surface area (Å²) in [6.07, 6.45) is 1.69. The molecule has 4 rings (SSSR count). The molecule has 1 fully saturated rings. The van der Waals surface area contributed by atoms with Gasteiger partial charge in [0.2, 0.25) is 0 Å². The highest BCUT2D eigenvalue weighted by Crippen LogP contribution is 2.27. The SMILES string of the molecule is C=O.C=O.CNC.CNc1cc(CN2CCN(c3ccc(C)nc3C)CC2)cc(F)c1-n1nccc1C. The highest BCUT2D eigenvalue weighted by atomic mass is 19.1. The molecule has 0 aliphatic carbocycles. The van der Waals surface area contributed by atoms with Crippen molar-refractivity contribution in [3.63, 3.8) is 0 Å². The number of hydrogen-bond donors (Lipinski definition) is 2. The van der Waals surface area contributed by atoms with Gasteiger partial charge in [0.1, 0.15) is 19.3 Å². The summed E-state index contributed by atoms with van der Waals surface area (Å²) in [4.78, 5) is 25.4. The highest BCUT2D eigenvalue weighted by Gasteiger charge is 2.21. The lowest BCUT2D eigenvalue weighted by molar-refractivity contribution is -0.0987. The molecule has 37 heavy (non-hydrogen) atoms. The normalized spacial score (nSPS) is 12.8. The number of carbonyl (C=O) groups is 2. The monoisotopic (exact) mass is 513 g/mol. The fourth-order valence-electron chi connectivity index (χ4n) is 4.17. The van der Waals surface area contributed by atoms with Crippen molar-refractivity contribution in [3.8, 4) is 5.69 Å². The molecule has 0 spiro atoms. The third kappa shape index (κ3) is 8.47. The molecule has 0 saturated carbocycles. The van der Waals surface area contributed by atoms with E-state index in [1.165, 1.54) is 5.69 Å². The average molecular weight is 514 g/mol. The fraction of sp³-hybridized carbons (Fsp3) is 0.407. The Balaban J connectivity index is 0.000000894. The number of aromatic nitrogens is 3. The van der Waals surface area contributed by atoms with E-state index in [-0.39, 0.29) is 5.82 Å². The molecule has 2 N–H and O–H groups in total. The lowest BCUT2D eigenvalue weighted by atomic mass is 10.1. The molecule has 0 radical (unpaired) electrons. The third-order valence-electron chi connectivity index (χ3n) is 5.75. The van der Waals surface area contributed by atoms with Gasteiger partial charge in [0.05, 0.1) is 17.1 Å². The zero-order valence-electron chi connectivity index (χ0n) is 22.8. The van der Waals surface area contributed by atoms with Crippen LogP contribution in [-0.4, -0.2) is 80.6 Å². The van der Waals surface area contributed by atoms with E-state index in [4.69, 9.17) is 9.59 Å². The maximum atomic E-state index is 15.0. The first-order valence-corrected chi connectivity index (χ1v) is 12.0. The van der Waals surface area contributed by atoms with E-state index in [2.05, 4.69) is 49.6 Å². The minimum atomic E-state index is -0.261. The topological polar surface area (TPSA) is 95.4 Å². The molecule has 1 aliphatic heterocycles. The lowest BCUT2D eigenvalue weighted by Gasteiger charge is -2.36. The zero-order valence-corrected chi connectivity index (χ0v) is 22.8. The van der Waals surface area contributed by atoms with E-state index in [1.807, 2.05) is 60.7 Å². The molecule has 9 nitrogen and oxygen atoms in total. The van der Waals surface area contributed by atoms with Crippen molar-refractivity contribution in [1.82, 2.24) is 25.0 Å². The smallest absolute Gasteiger partial charge is 0.151 e. The Kier molecular flexibility index (Phi) is 13.7. The largest absolute Gasteiger partial charge is 0.386 e. The molecule has 3 aromatic rings. The van der Waals surface area contributed by atoms with E-state index in [0.717, 1.165) is 61.1 Å². The van der Waals surface area contributed by atoms with Crippen molar-refractivity contribution in [2.75, 3.05) is 57.5 Å². The molecule has 1 aliphatic rings. The number of anilines is 2. The predicted molar refractivity (Wildman–Crippen MR) is 148 cm³/mol. The van der Waals surface area contributed by atoms with Crippen LogP contribution in [0.3, 0.4) is 0 Å². The van der Waals surface area contributed by atoms with Gasteiger partial charge in [-0.3, -0.25) is 9.88 Å². The van der Waals surface area contributed by atoms with Crippen LogP contribution in [0.15, 0.2) is 36.5 Å². The van der Waals surface area contributed by atoms with Crippen LogP contribution < -0.4 is 15.5 Å². The molecule has 3 heterocycles. The summed E-state index contributed by atoms with van der Waals surface area (Å²) in [7, 11) is 5.57. The van der Waals surface area contributed by atoms with Crippen molar-refractivity contribution in [3.05, 3.63) is 65.0 Å². The Morgan fingerprint density at radius 2 is 1.57 bits per heavy atom. The Morgan fingerprint density at radius 1 is 0.946 bits per heavy atom. The second-order valence-corrected chi connectivity index (χ2v) is 8.43. The minimum absolute atomic E-state index is 0.261. The number of aryl methyl sites for hydroxylation is 3. The van der Waals surface area contributed by atoms with Crippen LogP contribution >= 0.6 is 0 Å². The third-order valence-corrected chi connectivity index (χ3v) is 5.75. The second-order valence-electron chi connectivity index (χ2n) is 8.43. The van der Waals surface area contributed by atoms with Crippen LogP contribution in [0, 0.1) is 26.6 Å². The molecule has 1 saturated heterocycles. The fourth-order valence-corrected chi connectivity index (χ4v) is 4.17. The van der Waals surface area contributed by atoms with Crippen molar-refractivity contribution in [2.24, 2.45) is 0 Å². The summed E-state index contributed by atoms with van der Waals surface area (Å²) >= 11 is 0. The Morgan fingerprint density at radius 3 is 2.08 bits per heavy atom. The van der Waals surface area contributed by atoms with E-state index >= 15 is 4.39 Å². The van der Waals surface area contributed by atoms with Gasteiger partial charge < -0.3 is 25.1 Å². The van der Waals surface area contributed by atoms with Gasteiger partial charge in [0.25, 0.3) is 0 Å². The van der Waals surface area contributed by atoms with Crippen LogP contribution in [-0.2, 0) is 16.1 Å². The molecular weight excluding hydrogens is 473 g/mol. The van der Waals surface area contributed by atoms with Gasteiger partial charge in [-0.1, -0.05) is 0 Å². The molecule has 0 atom stereocenters. The molecular formula is C27H40FN7O2. The number of rotatable bonds is 5. The number of nitrogens with zero attached hydrogens (tertiary/aromatic N) is 5. The van der Waals surface area contributed by atoms with Crippen LogP contribution in [0.1, 0.15) is 22.6 Å². The Labute approximate surface area is 219 Å². The highest BCUT2D eigenvalue weighted by molar-refractivity contribution is 5.63. The molecule has 2 aromatic heterocycles. The van der Waals surface area contributed by atoms with Crippen molar-refractivity contribution >= 4 is 25.0 Å². The number of benzene rings is 1. The van der Waals surface area contributed by atoms with Crippen molar-refractivity contribution < 1.29 is 14.0 Å². The first kappa shape index (κ1) is 31.4. The average Bonchev–Trinajstić information content (AvgIpc) is 3.32. The predicted octanol–water partition coefficient (Wildman–Crippen LogP) is 3.16. The van der Waals surface area contributed by atoms with Gasteiger partial charge >= 0.3 is 0 Å². The molecule has 0 unspecified atom stereocenters. The van der Waals surface area contributed by atoms with E-state index in [1.54, 1.807) is 16.9 Å². The number of halogens is 1. The standard InChI is InChI=1S/C23H29FN6.C2H7N.2CH2O/c1-16-5-6-22(18(3)27-16)29-11-9-28(10-12-29)15-19-13-20(24)23(21(14-19)25-4)30-17(2)7-8-26-30;1-3-2;2*1-2/h5-8,13-14,25H,9-12,15H2,1-4H3;3H,1-2H3;2*1H2. The van der Waals surface area contributed by atoms with Gasteiger partial charge in [-0.25, -0.2) is 9.07 Å². The van der Waals surface area contributed by atoms with E-state index in [9.17, 15) is 0 Å². The van der Waals surface area contributed by atoms with Gasteiger partial charge in [-0.2, -0.15) is 5.10 Å². The first-order chi connectivity index (χ1) is 17.9. The van der Waals surface area contributed by atoms with Crippen LogP contribution in [0.4, 0.5) is 15.8 Å². The van der Waals surface area contributed by atoms with Gasteiger partial charge in [0.15, 0.2) is 5.82 Å². The van der Waals surface area contributed by atoms with Gasteiger partial charge in [-0.15, -0.1) is 0 Å². The summed E-state index contributed by atoms with van der Waals surface area (Å²) < 4.78 is 16.7. The zero-order chi connectivity index (χ0) is 28.0. The number of pyridine rings is 1. The van der Waals surface area contributed by atoms with Gasteiger partial charge in [-0.05, 0) is 70.8 Å². The lowest BCUT2D eigenvalue weighted by Crippen LogP contribution is -2.46. The summed E-state index contributed by atoms with van der Waals surface area (Å²) in [5.74, 6) is -0.261. The minimum Gasteiger partial charge on any atom is -0.386 e. The number of piperazine rings is 1. The Bertz CT molecular complexity index is 1100. The summed E-state index contributed by atoms with van der Waals surface area (Å²) in [5, 5.41) is 10.2. The molecule has 0 bridgehead atoms. The molecule has 0 amide bonds. The Hall–Kier alpha value is -3.63. The number of carbonyl (C=O) groups excluding carboxylic acids is 2. The van der Waals surface area contributed by atoms with Crippen molar-refractivity contribution in [2.45, 2.75) is 27.3 Å². The number of nitrogens with one attached hydrogen (secondary N) is 2. The summed E-state index contributed by atoms with van der Waals surface area (Å²) in [6.45, 7) is 14.5. The summed E-state index contributed by atoms with van der Waals surface area (Å²) in [6, 6.07) is 9.77. The van der Waals surface area contributed by atoms with Crippen LogP contribution in [0.25, 0.3) is 5.69 Å². The van der Waals surface area contributed by atoms with Crippen LogP contribution in [0.5, 0.6) is 0 Å². The van der Waals surface area contributed by atoms with Crippen molar-refractivity contribution in [1.29, 1.82) is 0 Å². The molecule has 1 aromatic carbocycles. The maximum Gasteiger partial charge on any atom is 0.151 e. The maximum absolute atomic E-state index is 15.0. The second kappa shape index (κ2) is 16.2. The van der Waals surface area contributed by atoms with Crippen LogP contribution in [0.2, 0.25) is 0 Å². The first-order valence-electron chi connectivity index (χ1n) is 12.0. The van der Waals surface area contributed by atoms with E-state index in [0.29, 0.717) is 5.69 Å². The molecule has 202 valence electrons. The van der Waals surface area contributed by atoms with E-state index < -0.39 is 0 Å². The molecule has 10 heteroatoms.